The smallest absolute Gasteiger partial charge is 0.177 e. The Labute approximate surface area is 58.4 Å². The van der Waals surface area contributed by atoms with E-state index in [2.05, 4.69) is 5.32 Å². The summed E-state index contributed by atoms with van der Waals surface area (Å²) in [5.41, 5.74) is 0.267. The molecule has 0 aromatic heterocycles. The first kappa shape index (κ1) is 7.25. The molecule has 0 bridgehead atoms. The lowest BCUT2D eigenvalue weighted by atomic mass is 10.1. The molecule has 0 radical (unpaired) electrons. The molecule has 0 unspecified atom stereocenters. The van der Waals surface area contributed by atoms with E-state index in [-0.39, 0.29) is 12.1 Å². The van der Waals surface area contributed by atoms with Crippen LogP contribution in [0.25, 0.3) is 0 Å². The average molecular weight is 145 g/mol. The summed E-state index contributed by atoms with van der Waals surface area (Å²) in [4.78, 5) is 0. The molecular weight excluding hydrogens is 136 g/mol. The van der Waals surface area contributed by atoms with E-state index in [1.807, 2.05) is 0 Å². The molecule has 0 fully saturated rings. The number of halogens is 2. The highest BCUT2D eigenvalue weighted by atomic mass is 19.2. The van der Waals surface area contributed by atoms with Crippen LogP contribution in [-0.2, 0) is 0 Å². The molecule has 0 aliphatic heterocycles. The van der Waals surface area contributed by atoms with E-state index in [1.54, 1.807) is 13.1 Å². The summed E-state index contributed by atoms with van der Waals surface area (Å²) in [6.07, 6.45) is 2.42. The van der Waals surface area contributed by atoms with Crippen LogP contribution < -0.4 is 5.32 Å². The van der Waals surface area contributed by atoms with Gasteiger partial charge in [-0.25, -0.2) is 8.78 Å². The highest BCUT2D eigenvalue weighted by molar-refractivity contribution is 5.29. The first-order valence-corrected chi connectivity index (χ1v) is 3.18. The minimum Gasteiger partial charge on any atom is -0.386 e. The number of likely N-dealkylation sites (N-methyl/N-ethyl adjacent to an activating group) is 1. The maximum atomic E-state index is 12.6. The van der Waals surface area contributed by atoms with Crippen molar-refractivity contribution in [1.82, 2.24) is 5.32 Å². The molecule has 0 aromatic carbocycles. The monoisotopic (exact) mass is 145 g/mol. The molecule has 1 nitrogen and oxygen atoms in total. The van der Waals surface area contributed by atoms with Crippen LogP contribution in [0.2, 0.25) is 0 Å². The predicted octanol–water partition coefficient (Wildman–Crippen LogP) is 2.03. The fourth-order valence-electron chi connectivity index (χ4n) is 0.901. The molecule has 0 atom stereocenters. The predicted molar refractivity (Wildman–Crippen MR) is 35.6 cm³/mol. The lowest BCUT2D eigenvalue weighted by molar-refractivity contribution is 0.499. The number of rotatable bonds is 1. The molecule has 3 heteroatoms. The van der Waals surface area contributed by atoms with E-state index < -0.39 is 11.7 Å². The SMILES string of the molecule is CNC1=CCCC(F)=C1F. The second-order valence-electron chi connectivity index (χ2n) is 2.13. The van der Waals surface area contributed by atoms with Crippen molar-refractivity contribution in [3.8, 4) is 0 Å². The standard InChI is InChI=1S/C7H9F2N/c1-10-6-4-2-3-5(8)7(6)9/h4,10H,2-3H2,1H3. The Hall–Kier alpha value is -0.860. The van der Waals surface area contributed by atoms with Gasteiger partial charge in [0.25, 0.3) is 0 Å². The Bertz CT molecular complexity index is 194. The van der Waals surface area contributed by atoms with Gasteiger partial charge in [0, 0.05) is 13.5 Å². The third-order valence-electron chi connectivity index (χ3n) is 1.46. The molecule has 1 N–H and O–H groups in total. The second kappa shape index (κ2) is 2.82. The number of nitrogens with one attached hydrogen (secondary N) is 1. The summed E-state index contributed by atoms with van der Waals surface area (Å²) in [6.45, 7) is 0. The third kappa shape index (κ3) is 1.17. The first-order chi connectivity index (χ1) is 4.75. The summed E-state index contributed by atoms with van der Waals surface area (Å²) in [5, 5.41) is 2.57. The van der Waals surface area contributed by atoms with E-state index >= 15 is 0 Å². The van der Waals surface area contributed by atoms with Gasteiger partial charge in [-0.1, -0.05) is 6.08 Å². The maximum absolute atomic E-state index is 12.6. The average Bonchev–Trinajstić information content (AvgIpc) is 1.95. The van der Waals surface area contributed by atoms with Crippen molar-refractivity contribution in [2.75, 3.05) is 7.05 Å². The lowest BCUT2D eigenvalue weighted by Gasteiger charge is -2.09. The topological polar surface area (TPSA) is 12.0 Å². The van der Waals surface area contributed by atoms with E-state index in [4.69, 9.17) is 0 Å². The summed E-state index contributed by atoms with van der Waals surface area (Å²) in [6, 6.07) is 0. The van der Waals surface area contributed by atoms with Crippen molar-refractivity contribution in [3.63, 3.8) is 0 Å². The lowest BCUT2D eigenvalue weighted by Crippen LogP contribution is -2.09. The zero-order valence-electron chi connectivity index (χ0n) is 5.75. The van der Waals surface area contributed by atoms with E-state index in [0.29, 0.717) is 6.42 Å². The van der Waals surface area contributed by atoms with E-state index in [9.17, 15) is 8.78 Å². The molecule has 1 aliphatic carbocycles. The van der Waals surface area contributed by atoms with Crippen molar-refractivity contribution >= 4 is 0 Å². The van der Waals surface area contributed by atoms with Gasteiger partial charge >= 0.3 is 0 Å². The molecule has 0 saturated heterocycles. The second-order valence-corrected chi connectivity index (χ2v) is 2.13. The van der Waals surface area contributed by atoms with Gasteiger partial charge in [-0.2, -0.15) is 0 Å². The molecule has 56 valence electrons. The number of hydrogen-bond acceptors (Lipinski definition) is 1. The minimum absolute atomic E-state index is 0.191. The van der Waals surface area contributed by atoms with Gasteiger partial charge in [0.1, 0.15) is 5.83 Å². The highest BCUT2D eigenvalue weighted by Crippen LogP contribution is 2.24. The van der Waals surface area contributed by atoms with Crippen LogP contribution in [0.3, 0.4) is 0 Å². The van der Waals surface area contributed by atoms with Gasteiger partial charge in [-0.05, 0) is 6.42 Å². The van der Waals surface area contributed by atoms with E-state index in [0.717, 1.165) is 0 Å². The Morgan fingerprint density at radius 1 is 1.50 bits per heavy atom. The van der Waals surface area contributed by atoms with Gasteiger partial charge in [0.15, 0.2) is 5.83 Å². The van der Waals surface area contributed by atoms with Crippen molar-refractivity contribution in [2.24, 2.45) is 0 Å². The number of hydrogen-bond donors (Lipinski definition) is 1. The van der Waals surface area contributed by atoms with Gasteiger partial charge in [0.2, 0.25) is 0 Å². The molecule has 1 aliphatic rings. The number of allylic oxidation sites excluding steroid dienone is 3. The van der Waals surface area contributed by atoms with Crippen LogP contribution in [0.4, 0.5) is 8.78 Å². The Morgan fingerprint density at radius 3 is 2.70 bits per heavy atom. The van der Waals surface area contributed by atoms with Crippen LogP contribution in [0, 0.1) is 0 Å². The summed E-state index contributed by atoms with van der Waals surface area (Å²) in [7, 11) is 1.57. The third-order valence-corrected chi connectivity index (χ3v) is 1.46. The van der Waals surface area contributed by atoms with Crippen molar-refractivity contribution < 1.29 is 8.78 Å². The fourth-order valence-corrected chi connectivity index (χ4v) is 0.901. The van der Waals surface area contributed by atoms with E-state index in [1.165, 1.54) is 0 Å². The van der Waals surface area contributed by atoms with Gasteiger partial charge in [-0.3, -0.25) is 0 Å². The van der Waals surface area contributed by atoms with Crippen LogP contribution in [0.5, 0.6) is 0 Å². The largest absolute Gasteiger partial charge is 0.386 e. The molecular formula is C7H9F2N. The van der Waals surface area contributed by atoms with Gasteiger partial charge in [-0.15, -0.1) is 0 Å². The van der Waals surface area contributed by atoms with Crippen LogP contribution in [0.15, 0.2) is 23.4 Å². The zero-order valence-corrected chi connectivity index (χ0v) is 5.75. The fraction of sp³-hybridized carbons (Fsp3) is 0.429. The molecule has 1 rings (SSSR count). The molecule has 10 heavy (non-hydrogen) atoms. The highest BCUT2D eigenvalue weighted by Gasteiger charge is 2.13. The molecule has 0 aromatic rings. The Morgan fingerprint density at radius 2 is 2.20 bits per heavy atom. The van der Waals surface area contributed by atoms with Gasteiger partial charge < -0.3 is 5.32 Å². The summed E-state index contributed by atoms with van der Waals surface area (Å²) < 4.78 is 25.1. The minimum atomic E-state index is -0.742. The zero-order chi connectivity index (χ0) is 7.56. The van der Waals surface area contributed by atoms with Gasteiger partial charge in [0.05, 0.1) is 5.70 Å². The first-order valence-electron chi connectivity index (χ1n) is 3.18. The van der Waals surface area contributed by atoms with Crippen LogP contribution in [-0.4, -0.2) is 7.05 Å². The Balaban J connectivity index is 2.83. The van der Waals surface area contributed by atoms with Crippen molar-refractivity contribution in [3.05, 3.63) is 23.4 Å². The van der Waals surface area contributed by atoms with Crippen LogP contribution >= 0.6 is 0 Å². The van der Waals surface area contributed by atoms with Crippen molar-refractivity contribution in [1.29, 1.82) is 0 Å². The molecule has 0 saturated carbocycles. The summed E-state index contributed by atoms with van der Waals surface area (Å²) in [5.74, 6) is -1.39. The normalized spacial score (nSPS) is 18.9. The van der Waals surface area contributed by atoms with Crippen LogP contribution in [0.1, 0.15) is 12.8 Å². The summed E-state index contributed by atoms with van der Waals surface area (Å²) >= 11 is 0. The molecule has 0 heterocycles. The molecule has 0 amide bonds. The van der Waals surface area contributed by atoms with Crippen molar-refractivity contribution in [2.45, 2.75) is 12.8 Å². The Kier molecular flexibility index (Phi) is 2.04. The molecule has 0 spiro atoms. The maximum Gasteiger partial charge on any atom is 0.177 e. The quantitative estimate of drug-likeness (QED) is 0.595.